The SMILES string of the molecule is CCN(CC)CC(C)NC(=O)N(CC(=O)O)C1CCCC1. The van der Waals surface area contributed by atoms with E-state index in [0.717, 1.165) is 45.3 Å². The maximum atomic E-state index is 12.4. The molecule has 0 radical (unpaired) electrons. The summed E-state index contributed by atoms with van der Waals surface area (Å²) in [6.45, 7) is 8.60. The standard InChI is InChI=1S/C15H29N3O3/c1-4-17(5-2)10-12(3)16-15(21)18(11-14(19)20)13-8-6-7-9-13/h12-13H,4-11H2,1-3H3,(H,16,21)(H,19,20). The molecule has 21 heavy (non-hydrogen) atoms. The van der Waals surface area contributed by atoms with E-state index in [1.54, 1.807) is 0 Å². The predicted octanol–water partition coefficient (Wildman–Crippen LogP) is 1.76. The average molecular weight is 299 g/mol. The number of carboxylic acid groups (broad SMARTS) is 1. The van der Waals surface area contributed by atoms with Crippen LogP contribution in [0.5, 0.6) is 0 Å². The highest BCUT2D eigenvalue weighted by molar-refractivity contribution is 5.80. The van der Waals surface area contributed by atoms with Gasteiger partial charge in [-0.15, -0.1) is 0 Å². The van der Waals surface area contributed by atoms with Gasteiger partial charge in [0.25, 0.3) is 0 Å². The lowest BCUT2D eigenvalue weighted by atomic mass is 10.2. The van der Waals surface area contributed by atoms with Crippen LogP contribution in [0.3, 0.4) is 0 Å². The Balaban J connectivity index is 2.56. The number of hydrogen-bond donors (Lipinski definition) is 2. The minimum atomic E-state index is -0.951. The molecule has 2 N–H and O–H groups in total. The summed E-state index contributed by atoms with van der Waals surface area (Å²) in [5.74, 6) is -0.951. The van der Waals surface area contributed by atoms with E-state index in [-0.39, 0.29) is 24.7 Å². The number of likely N-dealkylation sites (N-methyl/N-ethyl adjacent to an activating group) is 1. The number of urea groups is 1. The van der Waals surface area contributed by atoms with Crippen molar-refractivity contribution in [3.05, 3.63) is 0 Å². The molecule has 1 atom stereocenters. The van der Waals surface area contributed by atoms with E-state index < -0.39 is 5.97 Å². The summed E-state index contributed by atoms with van der Waals surface area (Å²) < 4.78 is 0. The summed E-state index contributed by atoms with van der Waals surface area (Å²) in [5, 5.41) is 12.0. The summed E-state index contributed by atoms with van der Waals surface area (Å²) in [5.41, 5.74) is 0. The molecule has 1 aliphatic carbocycles. The molecule has 0 aliphatic heterocycles. The second kappa shape index (κ2) is 8.87. The van der Waals surface area contributed by atoms with Crippen LogP contribution in [0, 0.1) is 0 Å². The minimum Gasteiger partial charge on any atom is -0.480 e. The van der Waals surface area contributed by atoms with Gasteiger partial charge in [0.2, 0.25) is 0 Å². The zero-order valence-electron chi connectivity index (χ0n) is 13.5. The van der Waals surface area contributed by atoms with E-state index in [9.17, 15) is 9.59 Å². The van der Waals surface area contributed by atoms with Crippen molar-refractivity contribution < 1.29 is 14.7 Å². The lowest BCUT2D eigenvalue weighted by molar-refractivity contribution is -0.138. The first-order chi connectivity index (χ1) is 9.97. The number of nitrogens with one attached hydrogen (secondary N) is 1. The van der Waals surface area contributed by atoms with Crippen molar-refractivity contribution in [2.75, 3.05) is 26.2 Å². The van der Waals surface area contributed by atoms with E-state index in [1.165, 1.54) is 4.90 Å². The molecule has 1 rings (SSSR count). The van der Waals surface area contributed by atoms with Crippen molar-refractivity contribution >= 4 is 12.0 Å². The molecule has 6 nitrogen and oxygen atoms in total. The van der Waals surface area contributed by atoms with Crippen molar-refractivity contribution in [1.82, 2.24) is 15.1 Å². The maximum Gasteiger partial charge on any atom is 0.323 e. The van der Waals surface area contributed by atoms with Crippen LogP contribution in [-0.2, 0) is 4.79 Å². The number of carbonyl (C=O) groups excluding carboxylic acids is 1. The monoisotopic (exact) mass is 299 g/mol. The summed E-state index contributed by atoms with van der Waals surface area (Å²) in [6.07, 6.45) is 3.96. The number of amides is 2. The molecule has 0 saturated heterocycles. The van der Waals surface area contributed by atoms with Crippen molar-refractivity contribution in [2.45, 2.75) is 58.5 Å². The van der Waals surface area contributed by atoms with Crippen LogP contribution in [0.2, 0.25) is 0 Å². The van der Waals surface area contributed by atoms with Crippen LogP contribution in [0.1, 0.15) is 46.5 Å². The third-order valence-corrected chi connectivity index (χ3v) is 4.13. The fraction of sp³-hybridized carbons (Fsp3) is 0.867. The second-order valence-corrected chi connectivity index (χ2v) is 5.80. The summed E-state index contributed by atoms with van der Waals surface area (Å²) in [6, 6.07) is -0.166. The molecule has 0 aromatic heterocycles. The van der Waals surface area contributed by atoms with Crippen molar-refractivity contribution in [2.24, 2.45) is 0 Å². The predicted molar refractivity (Wildman–Crippen MR) is 82.4 cm³/mol. The quantitative estimate of drug-likeness (QED) is 0.716. The van der Waals surface area contributed by atoms with Crippen molar-refractivity contribution in [3.8, 4) is 0 Å². The highest BCUT2D eigenvalue weighted by Crippen LogP contribution is 2.23. The number of hydrogen-bond acceptors (Lipinski definition) is 3. The first kappa shape index (κ1) is 17.8. The smallest absolute Gasteiger partial charge is 0.323 e. The Morgan fingerprint density at radius 3 is 2.29 bits per heavy atom. The van der Waals surface area contributed by atoms with Crippen LogP contribution >= 0.6 is 0 Å². The first-order valence-electron chi connectivity index (χ1n) is 7.99. The Morgan fingerprint density at radius 1 is 1.24 bits per heavy atom. The maximum absolute atomic E-state index is 12.4. The Labute approximate surface area is 127 Å². The van der Waals surface area contributed by atoms with Crippen molar-refractivity contribution in [1.29, 1.82) is 0 Å². The average Bonchev–Trinajstić information content (AvgIpc) is 2.95. The van der Waals surface area contributed by atoms with Gasteiger partial charge in [-0.05, 0) is 32.9 Å². The Kier molecular flexibility index (Phi) is 7.50. The summed E-state index contributed by atoms with van der Waals surface area (Å²) >= 11 is 0. The molecule has 2 amide bonds. The normalized spacial score (nSPS) is 17.0. The van der Waals surface area contributed by atoms with E-state index in [0.29, 0.717) is 0 Å². The molecule has 0 aromatic carbocycles. The Morgan fingerprint density at radius 2 is 1.81 bits per heavy atom. The lowest BCUT2D eigenvalue weighted by Gasteiger charge is -2.30. The highest BCUT2D eigenvalue weighted by Gasteiger charge is 2.29. The number of aliphatic carboxylic acids is 1. The lowest BCUT2D eigenvalue weighted by Crippen LogP contribution is -2.52. The Bertz CT molecular complexity index is 339. The van der Waals surface area contributed by atoms with Gasteiger partial charge in [0.05, 0.1) is 0 Å². The Hall–Kier alpha value is -1.30. The van der Waals surface area contributed by atoms with E-state index in [4.69, 9.17) is 5.11 Å². The van der Waals surface area contributed by atoms with Crippen molar-refractivity contribution in [3.63, 3.8) is 0 Å². The first-order valence-corrected chi connectivity index (χ1v) is 7.99. The number of nitrogens with zero attached hydrogens (tertiary/aromatic N) is 2. The summed E-state index contributed by atoms with van der Waals surface area (Å²) in [4.78, 5) is 27.1. The molecule has 0 bridgehead atoms. The molecule has 0 spiro atoms. The number of carboxylic acids is 1. The molecule has 0 aromatic rings. The molecular weight excluding hydrogens is 270 g/mol. The van der Waals surface area contributed by atoms with Gasteiger partial charge in [-0.25, -0.2) is 4.79 Å². The number of carbonyl (C=O) groups is 2. The zero-order valence-corrected chi connectivity index (χ0v) is 13.5. The third kappa shape index (κ3) is 5.91. The molecule has 1 aliphatic rings. The minimum absolute atomic E-state index is 0.00935. The number of rotatable bonds is 8. The third-order valence-electron chi connectivity index (χ3n) is 4.13. The molecule has 0 heterocycles. The highest BCUT2D eigenvalue weighted by atomic mass is 16.4. The van der Waals surface area contributed by atoms with Gasteiger partial charge < -0.3 is 20.2 Å². The largest absolute Gasteiger partial charge is 0.480 e. The second-order valence-electron chi connectivity index (χ2n) is 5.80. The van der Waals surface area contributed by atoms with Crippen LogP contribution in [0.15, 0.2) is 0 Å². The molecule has 1 unspecified atom stereocenters. The molecule has 1 saturated carbocycles. The van der Waals surface area contributed by atoms with Gasteiger partial charge in [-0.1, -0.05) is 26.7 Å². The van der Waals surface area contributed by atoms with E-state index in [1.807, 2.05) is 6.92 Å². The van der Waals surface area contributed by atoms with Gasteiger partial charge >= 0.3 is 12.0 Å². The zero-order chi connectivity index (χ0) is 15.8. The van der Waals surface area contributed by atoms with Gasteiger partial charge in [-0.3, -0.25) is 4.79 Å². The fourth-order valence-electron chi connectivity index (χ4n) is 2.94. The summed E-state index contributed by atoms with van der Waals surface area (Å²) in [7, 11) is 0. The van der Waals surface area contributed by atoms with Crippen LogP contribution < -0.4 is 5.32 Å². The molecule has 122 valence electrons. The van der Waals surface area contributed by atoms with Crippen LogP contribution in [0.4, 0.5) is 4.79 Å². The van der Waals surface area contributed by atoms with E-state index >= 15 is 0 Å². The molecule has 1 fully saturated rings. The topological polar surface area (TPSA) is 72.9 Å². The van der Waals surface area contributed by atoms with Gasteiger partial charge in [-0.2, -0.15) is 0 Å². The molecule has 6 heteroatoms. The molecular formula is C15H29N3O3. The van der Waals surface area contributed by atoms with Crippen LogP contribution in [0.25, 0.3) is 0 Å². The van der Waals surface area contributed by atoms with Gasteiger partial charge in [0.1, 0.15) is 6.54 Å². The van der Waals surface area contributed by atoms with E-state index in [2.05, 4.69) is 24.1 Å². The van der Waals surface area contributed by atoms with Gasteiger partial charge in [0.15, 0.2) is 0 Å². The fourth-order valence-corrected chi connectivity index (χ4v) is 2.94. The van der Waals surface area contributed by atoms with Gasteiger partial charge in [0, 0.05) is 18.6 Å². The van der Waals surface area contributed by atoms with Crippen LogP contribution in [-0.4, -0.2) is 65.2 Å².